The lowest BCUT2D eigenvalue weighted by atomic mass is 9.59. The number of phenols is 1. The molecule has 4 aliphatic rings. The summed E-state index contributed by atoms with van der Waals surface area (Å²) in [6, 6.07) is 5.40. The van der Waals surface area contributed by atoms with Gasteiger partial charge in [-0.2, -0.15) is 0 Å². The lowest BCUT2D eigenvalue weighted by molar-refractivity contribution is -0.139. The molecule has 6 nitrogen and oxygen atoms in total. The molecule has 0 saturated carbocycles. The van der Waals surface area contributed by atoms with E-state index in [-0.39, 0.29) is 41.5 Å². The van der Waals surface area contributed by atoms with Crippen molar-refractivity contribution in [1.29, 1.82) is 0 Å². The molecular formula is C28H27NO5. The van der Waals surface area contributed by atoms with E-state index in [9.17, 15) is 24.3 Å². The number of para-hydroxylation sites is 1. The Morgan fingerprint density at radius 2 is 1.91 bits per heavy atom. The van der Waals surface area contributed by atoms with Crippen molar-refractivity contribution in [3.63, 3.8) is 0 Å². The second-order valence-electron chi connectivity index (χ2n) is 9.50. The summed E-state index contributed by atoms with van der Waals surface area (Å²) in [5.74, 6) is -2.77. The number of fused-ring (bicyclic) bond motifs is 3. The Morgan fingerprint density at radius 1 is 1.15 bits per heavy atom. The fourth-order valence-electron chi connectivity index (χ4n) is 6.28. The summed E-state index contributed by atoms with van der Waals surface area (Å²) >= 11 is 0. The highest BCUT2D eigenvalue weighted by Crippen LogP contribution is 2.56. The first-order valence-electron chi connectivity index (χ1n) is 11.8. The minimum absolute atomic E-state index is 0.0680. The Kier molecular flexibility index (Phi) is 5.27. The average Bonchev–Trinajstić information content (AvgIpc) is 3.07. The van der Waals surface area contributed by atoms with Crippen molar-refractivity contribution in [2.75, 3.05) is 6.54 Å². The van der Waals surface area contributed by atoms with Crippen LogP contribution in [0.5, 0.6) is 5.75 Å². The van der Waals surface area contributed by atoms with Gasteiger partial charge in [0.15, 0.2) is 11.6 Å². The highest BCUT2D eigenvalue weighted by molar-refractivity contribution is 6.23. The number of allylic oxidation sites excluding steroid dienone is 7. The maximum atomic E-state index is 13.3. The van der Waals surface area contributed by atoms with E-state index in [0.717, 1.165) is 5.57 Å². The van der Waals surface area contributed by atoms with Crippen molar-refractivity contribution in [2.24, 2.45) is 17.8 Å². The minimum atomic E-state index is -0.640. The molecule has 5 rings (SSSR count). The molecule has 6 heteroatoms. The van der Waals surface area contributed by atoms with E-state index in [0.29, 0.717) is 47.2 Å². The standard InChI is InChI=1S/C28H27NO5/c1-4-7-15-8-6-9-17(26(15)32)22-16-10-11-18-23(28(34)29(5-2)27(18)33)19(16)13-20-24(22)21(30)12-14(3)25(20)31/h4,6,8-10,12,18-19,22-23,32H,1,5,7,11,13H2,2-3H3/t18-,19+,22+,23-/m0/s1. The SMILES string of the molecule is C=CCc1cccc([C@H]2C3=CC[C@@H]4C(=O)N(CC)C(=O)[C@@H]4[C@@H]3CC3=C2C(=O)C=C(C)C3=O)c1O. The molecule has 2 amide bonds. The van der Waals surface area contributed by atoms with E-state index >= 15 is 0 Å². The van der Waals surface area contributed by atoms with Crippen LogP contribution in [0.2, 0.25) is 0 Å². The van der Waals surface area contributed by atoms with Crippen LogP contribution in [0.25, 0.3) is 0 Å². The molecule has 4 atom stereocenters. The van der Waals surface area contributed by atoms with E-state index in [2.05, 4.69) is 6.58 Å². The topological polar surface area (TPSA) is 91.8 Å². The Hall–Kier alpha value is -3.54. The van der Waals surface area contributed by atoms with Gasteiger partial charge >= 0.3 is 0 Å². The molecular weight excluding hydrogens is 430 g/mol. The first-order chi connectivity index (χ1) is 16.3. The molecule has 0 spiro atoms. The molecule has 0 unspecified atom stereocenters. The number of imide groups is 1. The third-order valence-corrected chi connectivity index (χ3v) is 7.80. The van der Waals surface area contributed by atoms with Gasteiger partial charge in [-0.15, -0.1) is 6.58 Å². The molecule has 1 aromatic rings. The molecule has 3 aliphatic carbocycles. The Labute approximate surface area is 198 Å². The molecule has 0 bridgehead atoms. The van der Waals surface area contributed by atoms with Gasteiger partial charge in [-0.1, -0.05) is 35.9 Å². The van der Waals surface area contributed by atoms with E-state index in [1.807, 2.05) is 12.1 Å². The van der Waals surface area contributed by atoms with Gasteiger partial charge < -0.3 is 5.11 Å². The number of nitrogens with zero attached hydrogens (tertiary/aromatic N) is 1. The number of phenolic OH excluding ortho intramolecular Hbond substituents is 1. The summed E-state index contributed by atoms with van der Waals surface area (Å²) in [6.07, 6.45) is 6.14. The predicted molar refractivity (Wildman–Crippen MR) is 126 cm³/mol. The third kappa shape index (κ3) is 3.01. The minimum Gasteiger partial charge on any atom is -0.507 e. The van der Waals surface area contributed by atoms with Crippen LogP contribution in [-0.2, 0) is 25.6 Å². The second kappa shape index (κ2) is 8.05. The lowest BCUT2D eigenvalue weighted by Crippen LogP contribution is -2.39. The number of amides is 2. The average molecular weight is 458 g/mol. The smallest absolute Gasteiger partial charge is 0.233 e. The molecule has 174 valence electrons. The van der Waals surface area contributed by atoms with Crippen molar-refractivity contribution in [1.82, 2.24) is 4.90 Å². The first-order valence-corrected chi connectivity index (χ1v) is 11.8. The first kappa shape index (κ1) is 22.3. The third-order valence-electron chi connectivity index (χ3n) is 7.80. The number of benzene rings is 1. The fourth-order valence-corrected chi connectivity index (χ4v) is 6.28. The van der Waals surface area contributed by atoms with E-state index < -0.39 is 17.8 Å². The number of hydrogen-bond donors (Lipinski definition) is 1. The van der Waals surface area contributed by atoms with Gasteiger partial charge in [0, 0.05) is 34.7 Å². The zero-order valence-corrected chi connectivity index (χ0v) is 19.3. The van der Waals surface area contributed by atoms with Crippen LogP contribution in [0, 0.1) is 17.8 Å². The van der Waals surface area contributed by atoms with Crippen LogP contribution < -0.4 is 0 Å². The summed E-state index contributed by atoms with van der Waals surface area (Å²) < 4.78 is 0. The van der Waals surface area contributed by atoms with E-state index in [1.165, 1.54) is 11.0 Å². The molecule has 1 N–H and O–H groups in total. The highest BCUT2D eigenvalue weighted by atomic mass is 16.3. The van der Waals surface area contributed by atoms with Crippen molar-refractivity contribution in [3.05, 3.63) is 76.4 Å². The maximum absolute atomic E-state index is 13.3. The summed E-state index contributed by atoms with van der Waals surface area (Å²) in [4.78, 5) is 54.0. The molecule has 0 aromatic heterocycles. The number of aromatic hydroxyl groups is 1. The molecule has 1 aliphatic heterocycles. The highest BCUT2D eigenvalue weighted by Gasteiger charge is 2.56. The van der Waals surface area contributed by atoms with Crippen molar-refractivity contribution in [2.45, 2.75) is 39.0 Å². The van der Waals surface area contributed by atoms with Gasteiger partial charge in [-0.25, -0.2) is 0 Å². The molecule has 1 saturated heterocycles. The number of carbonyl (C=O) groups excluding carboxylic acids is 4. The summed E-state index contributed by atoms with van der Waals surface area (Å²) in [5, 5.41) is 11.2. The van der Waals surface area contributed by atoms with Gasteiger partial charge in [0.2, 0.25) is 11.8 Å². The van der Waals surface area contributed by atoms with Crippen LogP contribution in [0.1, 0.15) is 43.7 Å². The van der Waals surface area contributed by atoms with Crippen LogP contribution >= 0.6 is 0 Å². The molecule has 34 heavy (non-hydrogen) atoms. The van der Waals surface area contributed by atoms with Gasteiger partial charge in [0.05, 0.1) is 11.8 Å². The van der Waals surface area contributed by atoms with Crippen LogP contribution in [0.15, 0.2) is 65.3 Å². The van der Waals surface area contributed by atoms with Gasteiger partial charge in [-0.05, 0) is 50.7 Å². The monoisotopic (exact) mass is 457 g/mol. The zero-order valence-electron chi connectivity index (χ0n) is 19.3. The van der Waals surface area contributed by atoms with Crippen LogP contribution in [-0.4, -0.2) is 39.9 Å². The van der Waals surface area contributed by atoms with E-state index in [4.69, 9.17) is 0 Å². The van der Waals surface area contributed by atoms with Crippen molar-refractivity contribution < 1.29 is 24.3 Å². The number of rotatable bonds is 4. The quantitative estimate of drug-likeness (QED) is 0.424. The Morgan fingerprint density at radius 3 is 2.62 bits per heavy atom. The molecule has 1 heterocycles. The van der Waals surface area contributed by atoms with Crippen molar-refractivity contribution >= 4 is 23.4 Å². The molecule has 0 radical (unpaired) electrons. The Balaban J connectivity index is 1.72. The number of ketones is 2. The van der Waals surface area contributed by atoms with Crippen LogP contribution in [0.3, 0.4) is 0 Å². The number of Topliss-reactive ketones (excluding diaryl/α,β-unsaturated/α-hetero) is 1. The molecule has 1 fully saturated rings. The van der Waals surface area contributed by atoms with Crippen molar-refractivity contribution in [3.8, 4) is 5.75 Å². The number of carbonyl (C=O) groups is 4. The summed E-state index contributed by atoms with van der Waals surface area (Å²) in [6.45, 7) is 7.48. The van der Waals surface area contributed by atoms with Gasteiger partial charge in [0.1, 0.15) is 5.75 Å². The predicted octanol–water partition coefficient (Wildman–Crippen LogP) is 3.57. The Bertz CT molecular complexity index is 1260. The van der Waals surface area contributed by atoms with Gasteiger partial charge in [-0.3, -0.25) is 24.1 Å². The number of hydrogen-bond acceptors (Lipinski definition) is 5. The molecule has 1 aromatic carbocycles. The van der Waals surface area contributed by atoms with Gasteiger partial charge in [0.25, 0.3) is 0 Å². The summed E-state index contributed by atoms with van der Waals surface area (Å²) in [5.41, 5.74) is 3.22. The normalized spacial score (nSPS) is 28.4. The van der Waals surface area contributed by atoms with Crippen LogP contribution in [0.4, 0.5) is 0 Å². The summed E-state index contributed by atoms with van der Waals surface area (Å²) in [7, 11) is 0. The number of likely N-dealkylation sites (tertiary alicyclic amines) is 1. The van der Waals surface area contributed by atoms with E-state index in [1.54, 1.807) is 32.1 Å². The largest absolute Gasteiger partial charge is 0.507 e. The fraction of sp³-hybridized carbons (Fsp3) is 0.357. The second-order valence-corrected chi connectivity index (χ2v) is 9.50. The lowest BCUT2D eigenvalue weighted by Gasteiger charge is -2.42. The zero-order chi connectivity index (χ0) is 24.3. The maximum Gasteiger partial charge on any atom is 0.233 e.